The molecule has 1 N–H and O–H groups in total. The molecule has 2 aliphatic carbocycles. The first kappa shape index (κ1) is 23.0. The van der Waals surface area contributed by atoms with E-state index in [1.54, 1.807) is 0 Å². The molecule has 0 saturated carbocycles. The van der Waals surface area contributed by atoms with Crippen LogP contribution in [0.1, 0.15) is 71.0 Å². The van der Waals surface area contributed by atoms with Crippen molar-refractivity contribution in [3.8, 4) is 0 Å². The Morgan fingerprint density at radius 2 is 1.80 bits per heavy atom. The van der Waals surface area contributed by atoms with Crippen LogP contribution in [0.25, 0.3) is 0 Å². The zero-order valence-electron chi connectivity index (χ0n) is 19.8. The molecule has 2 aliphatic rings. The van der Waals surface area contributed by atoms with Crippen molar-refractivity contribution in [2.45, 2.75) is 57.8 Å². The summed E-state index contributed by atoms with van der Waals surface area (Å²) in [6, 6.07) is 17.5. The normalized spacial score (nSPS) is 18.7. The number of carbonyl (C=O) groups is 2. The van der Waals surface area contributed by atoms with Crippen LogP contribution in [-0.4, -0.2) is 27.5 Å². The Bertz CT molecular complexity index is 1320. The van der Waals surface area contributed by atoms with E-state index in [2.05, 4.69) is 5.16 Å². The molecule has 178 valence electrons. The quantitative estimate of drug-likeness (QED) is 0.437. The maximum Gasteiger partial charge on any atom is 0.168 e. The number of fused-ring (bicyclic) bond motifs is 1. The highest BCUT2D eigenvalue weighted by Crippen LogP contribution is 2.35. The number of Topliss-reactive ketones (excluding diaryl/α,β-unsaturated/α-hetero) is 2. The third kappa shape index (κ3) is 4.87. The van der Waals surface area contributed by atoms with Gasteiger partial charge >= 0.3 is 0 Å². The molecular weight excluding hydrogens is 440 g/mol. The highest BCUT2D eigenvalue weighted by molar-refractivity contribution is 6.24. The Morgan fingerprint density at radius 1 is 1.03 bits per heavy atom. The minimum absolute atomic E-state index is 0.0565. The van der Waals surface area contributed by atoms with E-state index in [0.29, 0.717) is 72.5 Å². The maximum absolute atomic E-state index is 13.3. The van der Waals surface area contributed by atoms with Gasteiger partial charge in [-0.2, -0.15) is 0 Å². The van der Waals surface area contributed by atoms with Crippen molar-refractivity contribution in [1.82, 2.24) is 5.16 Å². The van der Waals surface area contributed by atoms with Crippen molar-refractivity contribution in [2.75, 3.05) is 0 Å². The number of benzene rings is 2. The molecule has 0 aliphatic heterocycles. The van der Waals surface area contributed by atoms with Gasteiger partial charge in [0.1, 0.15) is 11.5 Å². The van der Waals surface area contributed by atoms with E-state index in [-0.39, 0.29) is 23.2 Å². The van der Waals surface area contributed by atoms with Gasteiger partial charge in [-0.1, -0.05) is 53.2 Å². The monoisotopic (exact) mass is 468 g/mol. The predicted molar refractivity (Wildman–Crippen MR) is 133 cm³/mol. The number of carbonyl (C=O) groups excluding carboxylic acids is 2. The summed E-state index contributed by atoms with van der Waals surface area (Å²) in [5.41, 5.74) is 4.86. The topological polar surface area (TPSA) is 92.8 Å². The number of hydrogen-bond acceptors (Lipinski definition) is 6. The second kappa shape index (κ2) is 9.82. The summed E-state index contributed by atoms with van der Waals surface area (Å²) in [7, 11) is 0. The molecule has 0 fully saturated rings. The van der Waals surface area contributed by atoms with Gasteiger partial charge < -0.3 is 9.63 Å². The third-order valence-electron chi connectivity index (χ3n) is 6.82. The van der Waals surface area contributed by atoms with Crippen molar-refractivity contribution in [3.63, 3.8) is 0 Å². The van der Waals surface area contributed by atoms with Gasteiger partial charge in [0.25, 0.3) is 0 Å². The van der Waals surface area contributed by atoms with Crippen LogP contribution < -0.4 is 0 Å². The number of aliphatic imine (C=N–C) groups is 1. The van der Waals surface area contributed by atoms with Gasteiger partial charge in [-0.25, -0.2) is 0 Å². The van der Waals surface area contributed by atoms with Gasteiger partial charge in [-0.15, -0.1) is 0 Å². The average Bonchev–Trinajstić information content (AvgIpc) is 3.28. The molecular formula is C29H28N2O4. The standard InChI is InChI=1S/C29H28N2O4/c1-18-10-12-21(13-11-18)30-22(14-15-23-29-24(32)8-5-9-27(29)35-31-23)28-25(33)16-20(17-26(28)34)19-6-3-2-4-7-19/h2-4,6-7,10-13,20,33H,5,8-9,14-17H2,1H3. The molecule has 35 heavy (non-hydrogen) atoms. The fourth-order valence-electron chi connectivity index (χ4n) is 4.99. The Morgan fingerprint density at radius 3 is 2.54 bits per heavy atom. The number of ketones is 2. The molecule has 5 rings (SSSR count). The van der Waals surface area contributed by atoms with E-state index in [0.717, 1.165) is 17.5 Å². The second-order valence-corrected chi connectivity index (χ2v) is 9.36. The zero-order valence-corrected chi connectivity index (χ0v) is 19.8. The number of aromatic nitrogens is 1. The number of aliphatic hydroxyl groups excluding tert-OH is 1. The zero-order chi connectivity index (χ0) is 24.4. The van der Waals surface area contributed by atoms with Crippen molar-refractivity contribution in [3.05, 3.63) is 94.1 Å². The maximum atomic E-state index is 13.3. The first-order valence-electron chi connectivity index (χ1n) is 12.1. The summed E-state index contributed by atoms with van der Waals surface area (Å²) in [4.78, 5) is 30.6. The molecule has 6 nitrogen and oxygen atoms in total. The van der Waals surface area contributed by atoms with E-state index >= 15 is 0 Å². The summed E-state index contributed by atoms with van der Waals surface area (Å²) >= 11 is 0. The molecule has 0 radical (unpaired) electrons. The molecule has 1 atom stereocenters. The molecule has 3 aromatic rings. The van der Waals surface area contributed by atoms with Gasteiger partial charge in [0.15, 0.2) is 11.6 Å². The lowest BCUT2D eigenvalue weighted by atomic mass is 9.80. The van der Waals surface area contributed by atoms with Gasteiger partial charge in [-0.3, -0.25) is 14.6 Å². The molecule has 0 saturated heterocycles. The van der Waals surface area contributed by atoms with Gasteiger partial charge in [0, 0.05) is 25.7 Å². The van der Waals surface area contributed by atoms with Crippen molar-refractivity contribution in [2.24, 2.45) is 4.99 Å². The Kier molecular flexibility index (Phi) is 6.45. The minimum Gasteiger partial charge on any atom is -0.511 e. The second-order valence-electron chi connectivity index (χ2n) is 9.36. The van der Waals surface area contributed by atoms with E-state index < -0.39 is 0 Å². The van der Waals surface area contributed by atoms with Crippen molar-refractivity contribution in [1.29, 1.82) is 0 Å². The highest BCUT2D eigenvalue weighted by atomic mass is 16.5. The lowest BCUT2D eigenvalue weighted by Crippen LogP contribution is -2.24. The number of allylic oxidation sites excluding steroid dienone is 2. The smallest absolute Gasteiger partial charge is 0.168 e. The fourth-order valence-corrected chi connectivity index (χ4v) is 4.99. The summed E-state index contributed by atoms with van der Waals surface area (Å²) in [5.74, 6) is 0.593. The first-order chi connectivity index (χ1) is 17.0. The fraction of sp³-hybridized carbons (Fsp3) is 0.310. The van der Waals surface area contributed by atoms with Gasteiger partial charge in [0.05, 0.1) is 28.2 Å². The first-order valence-corrected chi connectivity index (χ1v) is 12.1. The summed E-state index contributed by atoms with van der Waals surface area (Å²) < 4.78 is 5.43. The van der Waals surface area contributed by atoms with Crippen molar-refractivity contribution >= 4 is 23.0 Å². The number of hydrogen-bond donors (Lipinski definition) is 1. The molecule has 0 spiro atoms. The van der Waals surface area contributed by atoms with Crippen LogP contribution in [0.4, 0.5) is 5.69 Å². The molecule has 2 aromatic carbocycles. The van der Waals surface area contributed by atoms with E-state index in [4.69, 9.17) is 9.52 Å². The van der Waals surface area contributed by atoms with Crippen LogP contribution in [0, 0.1) is 6.92 Å². The summed E-state index contributed by atoms with van der Waals surface area (Å²) in [5, 5.41) is 15.2. The number of aryl methyl sites for hydroxylation is 3. The number of aliphatic hydroxyl groups is 1. The molecule has 0 bridgehead atoms. The van der Waals surface area contributed by atoms with Crippen LogP contribution in [-0.2, 0) is 17.6 Å². The van der Waals surface area contributed by atoms with Crippen molar-refractivity contribution < 1.29 is 19.2 Å². The molecule has 1 aromatic heterocycles. The summed E-state index contributed by atoms with van der Waals surface area (Å²) in [6.45, 7) is 2.00. The van der Waals surface area contributed by atoms with Crippen LogP contribution >= 0.6 is 0 Å². The van der Waals surface area contributed by atoms with Crippen LogP contribution in [0.15, 0.2) is 75.4 Å². The highest BCUT2D eigenvalue weighted by Gasteiger charge is 2.32. The largest absolute Gasteiger partial charge is 0.511 e. The predicted octanol–water partition coefficient (Wildman–Crippen LogP) is 6.17. The number of rotatable bonds is 6. The molecule has 6 heteroatoms. The minimum atomic E-state index is -0.119. The Labute approximate surface area is 204 Å². The van der Waals surface area contributed by atoms with E-state index in [1.165, 1.54) is 0 Å². The van der Waals surface area contributed by atoms with E-state index in [1.807, 2.05) is 61.5 Å². The molecule has 1 unspecified atom stereocenters. The Balaban J connectivity index is 1.47. The SMILES string of the molecule is Cc1ccc(N=C(CCc2noc3c2C(=O)CCC3)C2=C(O)CC(c3ccccc3)CC2=O)cc1. The number of nitrogens with zero attached hydrogens (tertiary/aromatic N) is 2. The molecule has 0 amide bonds. The van der Waals surface area contributed by atoms with Crippen LogP contribution in [0.5, 0.6) is 0 Å². The lowest BCUT2D eigenvalue weighted by molar-refractivity contribution is -0.116. The van der Waals surface area contributed by atoms with Crippen LogP contribution in [0.2, 0.25) is 0 Å². The molecule has 1 heterocycles. The third-order valence-corrected chi connectivity index (χ3v) is 6.82. The van der Waals surface area contributed by atoms with Gasteiger partial charge in [-0.05, 0) is 49.8 Å². The Hall–Kier alpha value is -3.80. The van der Waals surface area contributed by atoms with E-state index in [9.17, 15) is 14.7 Å². The van der Waals surface area contributed by atoms with Gasteiger partial charge in [0.2, 0.25) is 0 Å². The van der Waals surface area contributed by atoms with Crippen LogP contribution in [0.3, 0.4) is 0 Å². The lowest BCUT2D eigenvalue weighted by Gasteiger charge is -2.24. The summed E-state index contributed by atoms with van der Waals surface area (Å²) in [6.07, 6.45) is 3.45. The average molecular weight is 469 g/mol.